The summed E-state index contributed by atoms with van der Waals surface area (Å²) in [5.74, 6) is -2.34. The molecule has 2 aliphatic heterocycles. The van der Waals surface area contributed by atoms with Crippen LogP contribution in [-0.4, -0.2) is 57.1 Å². The van der Waals surface area contributed by atoms with Crippen LogP contribution in [0.25, 0.3) is 6.08 Å². The van der Waals surface area contributed by atoms with Crippen LogP contribution in [0.3, 0.4) is 0 Å². The SMILES string of the molecule is O=C(O)[C@H]1CCCCN1C(=O)CCN1C(=O)S/C(=C\c2ccc(F)cc2)C1=O. The fraction of sp³-hybridized carbons (Fsp3) is 0.368. The molecule has 1 aromatic rings. The molecule has 1 N–H and O–H groups in total. The van der Waals surface area contributed by atoms with E-state index in [-0.39, 0.29) is 23.8 Å². The fourth-order valence-corrected chi connectivity index (χ4v) is 4.11. The number of amides is 3. The van der Waals surface area contributed by atoms with Crippen LogP contribution in [0.4, 0.5) is 9.18 Å². The van der Waals surface area contributed by atoms with Crippen molar-refractivity contribution < 1.29 is 28.7 Å². The molecule has 0 radical (unpaired) electrons. The first-order valence-corrected chi connectivity index (χ1v) is 9.71. The molecule has 1 aromatic carbocycles. The van der Waals surface area contributed by atoms with E-state index in [2.05, 4.69) is 0 Å². The molecule has 0 aromatic heterocycles. The Morgan fingerprint density at radius 1 is 1.21 bits per heavy atom. The maximum absolute atomic E-state index is 13.0. The summed E-state index contributed by atoms with van der Waals surface area (Å²) >= 11 is 0.759. The summed E-state index contributed by atoms with van der Waals surface area (Å²) in [5.41, 5.74) is 0.584. The number of hydrogen-bond donors (Lipinski definition) is 1. The van der Waals surface area contributed by atoms with Crippen molar-refractivity contribution in [1.82, 2.24) is 9.80 Å². The number of carboxylic acid groups (broad SMARTS) is 1. The molecule has 2 fully saturated rings. The maximum Gasteiger partial charge on any atom is 0.326 e. The van der Waals surface area contributed by atoms with E-state index in [0.717, 1.165) is 29.5 Å². The number of halogens is 1. The van der Waals surface area contributed by atoms with Gasteiger partial charge < -0.3 is 10.0 Å². The monoisotopic (exact) mass is 406 g/mol. The highest BCUT2D eigenvalue weighted by atomic mass is 32.2. The summed E-state index contributed by atoms with van der Waals surface area (Å²) in [6, 6.07) is 4.65. The highest BCUT2D eigenvalue weighted by Gasteiger charge is 2.37. The summed E-state index contributed by atoms with van der Waals surface area (Å²) in [7, 11) is 0. The van der Waals surface area contributed by atoms with Gasteiger partial charge in [0, 0.05) is 19.5 Å². The number of nitrogens with zero attached hydrogens (tertiary/aromatic N) is 2. The van der Waals surface area contributed by atoms with Gasteiger partial charge in [-0.15, -0.1) is 0 Å². The number of thioether (sulfide) groups is 1. The van der Waals surface area contributed by atoms with E-state index in [1.807, 2.05) is 0 Å². The smallest absolute Gasteiger partial charge is 0.326 e. The Balaban J connectivity index is 1.63. The fourth-order valence-electron chi connectivity index (χ4n) is 3.24. The molecule has 3 rings (SSSR count). The van der Waals surface area contributed by atoms with E-state index in [0.29, 0.717) is 18.5 Å². The summed E-state index contributed by atoms with van der Waals surface area (Å²) in [6.07, 6.45) is 3.27. The van der Waals surface area contributed by atoms with Crippen LogP contribution in [0.1, 0.15) is 31.2 Å². The molecule has 2 saturated heterocycles. The molecule has 2 heterocycles. The van der Waals surface area contributed by atoms with Crippen molar-refractivity contribution in [2.24, 2.45) is 0 Å². The van der Waals surface area contributed by atoms with Gasteiger partial charge in [-0.1, -0.05) is 12.1 Å². The number of carboxylic acids is 1. The standard InChI is InChI=1S/C19H19FN2O5S/c20-13-6-4-12(5-7-13)11-15-17(24)22(19(27)28-15)10-8-16(23)21-9-2-1-3-14(21)18(25)26/h4-7,11,14H,1-3,8-10H2,(H,25,26)/b15-11-/t14-/m1/s1. The zero-order chi connectivity index (χ0) is 20.3. The van der Waals surface area contributed by atoms with Gasteiger partial charge in [0.1, 0.15) is 11.9 Å². The van der Waals surface area contributed by atoms with Gasteiger partial charge in [-0.05, 0) is 54.8 Å². The van der Waals surface area contributed by atoms with Gasteiger partial charge in [0.05, 0.1) is 4.91 Å². The molecular formula is C19H19FN2O5S. The number of imide groups is 1. The van der Waals surface area contributed by atoms with E-state index in [1.165, 1.54) is 35.2 Å². The molecule has 28 heavy (non-hydrogen) atoms. The number of aliphatic carboxylic acids is 1. The lowest BCUT2D eigenvalue weighted by Gasteiger charge is -2.33. The van der Waals surface area contributed by atoms with Crippen molar-refractivity contribution in [3.8, 4) is 0 Å². The van der Waals surface area contributed by atoms with Crippen molar-refractivity contribution in [3.63, 3.8) is 0 Å². The quantitative estimate of drug-likeness (QED) is 0.756. The average molecular weight is 406 g/mol. The zero-order valence-corrected chi connectivity index (χ0v) is 15.8. The Bertz CT molecular complexity index is 839. The van der Waals surface area contributed by atoms with E-state index in [9.17, 15) is 28.7 Å². The Kier molecular flexibility index (Phi) is 6.13. The lowest BCUT2D eigenvalue weighted by molar-refractivity contribution is -0.152. The van der Waals surface area contributed by atoms with Crippen LogP contribution >= 0.6 is 11.8 Å². The highest BCUT2D eigenvalue weighted by molar-refractivity contribution is 8.18. The third-order valence-electron chi connectivity index (χ3n) is 4.70. The molecule has 0 saturated carbocycles. The summed E-state index contributed by atoms with van der Waals surface area (Å²) in [5, 5.41) is 8.78. The van der Waals surface area contributed by atoms with Crippen molar-refractivity contribution in [2.45, 2.75) is 31.7 Å². The molecule has 7 nitrogen and oxygen atoms in total. The lowest BCUT2D eigenvalue weighted by Crippen LogP contribution is -2.48. The number of hydrogen-bond acceptors (Lipinski definition) is 5. The van der Waals surface area contributed by atoms with Crippen LogP contribution in [0.2, 0.25) is 0 Å². The first-order valence-electron chi connectivity index (χ1n) is 8.90. The summed E-state index contributed by atoms with van der Waals surface area (Å²) in [6.45, 7) is 0.259. The molecule has 3 amide bonds. The predicted octanol–water partition coefficient (Wildman–Crippen LogP) is 2.72. The van der Waals surface area contributed by atoms with Gasteiger partial charge in [-0.2, -0.15) is 0 Å². The van der Waals surface area contributed by atoms with Crippen LogP contribution in [0.15, 0.2) is 29.2 Å². The highest BCUT2D eigenvalue weighted by Crippen LogP contribution is 2.32. The van der Waals surface area contributed by atoms with Crippen molar-refractivity contribution in [1.29, 1.82) is 0 Å². The molecule has 0 bridgehead atoms. The topological polar surface area (TPSA) is 95.0 Å². The van der Waals surface area contributed by atoms with Crippen LogP contribution < -0.4 is 0 Å². The van der Waals surface area contributed by atoms with E-state index in [4.69, 9.17) is 0 Å². The van der Waals surface area contributed by atoms with Gasteiger partial charge in [0.2, 0.25) is 5.91 Å². The number of piperidine rings is 1. The summed E-state index contributed by atoms with van der Waals surface area (Å²) in [4.78, 5) is 50.9. The number of carbonyl (C=O) groups excluding carboxylic acids is 3. The molecule has 2 aliphatic rings. The van der Waals surface area contributed by atoms with Crippen LogP contribution in [0, 0.1) is 5.82 Å². The van der Waals surface area contributed by atoms with Crippen molar-refractivity contribution in [3.05, 3.63) is 40.6 Å². The molecule has 1 atom stereocenters. The third-order valence-corrected chi connectivity index (χ3v) is 5.61. The van der Waals surface area contributed by atoms with Crippen molar-refractivity contribution in [2.75, 3.05) is 13.1 Å². The first-order chi connectivity index (χ1) is 13.4. The Labute approximate surface area is 165 Å². The Morgan fingerprint density at radius 3 is 2.61 bits per heavy atom. The Hall–Kier alpha value is -2.68. The van der Waals surface area contributed by atoms with Crippen molar-refractivity contribution >= 4 is 40.9 Å². The Morgan fingerprint density at radius 2 is 1.93 bits per heavy atom. The minimum Gasteiger partial charge on any atom is -0.480 e. The minimum absolute atomic E-state index is 0.104. The van der Waals surface area contributed by atoms with Gasteiger partial charge >= 0.3 is 5.97 Å². The second kappa shape index (κ2) is 8.55. The van der Waals surface area contributed by atoms with Gasteiger partial charge in [0.15, 0.2) is 0 Å². The molecule has 0 unspecified atom stereocenters. The second-order valence-corrected chi connectivity index (χ2v) is 7.57. The first kappa shape index (κ1) is 20.1. The molecule has 148 valence electrons. The normalized spacial score (nSPS) is 21.5. The van der Waals surface area contributed by atoms with E-state index < -0.39 is 29.0 Å². The minimum atomic E-state index is -1.04. The second-order valence-electron chi connectivity index (χ2n) is 6.57. The maximum atomic E-state index is 13.0. The lowest BCUT2D eigenvalue weighted by atomic mass is 10.0. The van der Waals surface area contributed by atoms with Crippen LogP contribution in [-0.2, 0) is 14.4 Å². The van der Waals surface area contributed by atoms with Gasteiger partial charge in [-0.3, -0.25) is 19.3 Å². The predicted molar refractivity (Wildman–Crippen MR) is 101 cm³/mol. The molecule has 9 heteroatoms. The van der Waals surface area contributed by atoms with E-state index >= 15 is 0 Å². The van der Waals surface area contributed by atoms with Gasteiger partial charge in [0.25, 0.3) is 11.1 Å². The third kappa shape index (κ3) is 4.41. The van der Waals surface area contributed by atoms with E-state index in [1.54, 1.807) is 0 Å². The largest absolute Gasteiger partial charge is 0.480 e. The molecule has 0 spiro atoms. The number of benzene rings is 1. The number of rotatable bonds is 5. The average Bonchev–Trinajstić information content (AvgIpc) is 2.94. The number of carbonyl (C=O) groups is 4. The molecule has 0 aliphatic carbocycles. The summed E-state index contributed by atoms with van der Waals surface area (Å²) < 4.78 is 13.0. The molecular weight excluding hydrogens is 387 g/mol. The van der Waals surface area contributed by atoms with Gasteiger partial charge in [-0.25, -0.2) is 9.18 Å². The number of likely N-dealkylation sites (tertiary alicyclic amines) is 1. The van der Waals surface area contributed by atoms with Crippen LogP contribution in [0.5, 0.6) is 0 Å². The zero-order valence-electron chi connectivity index (χ0n) is 15.0.